The zero-order chi connectivity index (χ0) is 9.68. The monoisotopic (exact) mass is 239 g/mol. The number of hydrogen-bond donors (Lipinski definition) is 0. The Morgan fingerprint density at radius 2 is 2.38 bits per heavy atom. The summed E-state index contributed by atoms with van der Waals surface area (Å²) in [6.07, 6.45) is 0.820. The molecule has 68 valence electrons. The van der Waals surface area contributed by atoms with Crippen LogP contribution in [0.25, 0.3) is 10.4 Å². The molecule has 0 N–H and O–H groups in total. The standard InChI is InChI=1S/C9H10BrN3/c1-2-9(12-13-11)7-4-3-5-8(10)6-7/h3-6,9H,2H2,1H3/t9-/m0/s1. The Kier molecular flexibility index (Phi) is 3.80. The van der Waals surface area contributed by atoms with E-state index in [1.807, 2.05) is 31.2 Å². The van der Waals surface area contributed by atoms with Crippen LogP contribution in [0.5, 0.6) is 0 Å². The summed E-state index contributed by atoms with van der Waals surface area (Å²) < 4.78 is 1.01. The second-order valence-electron chi connectivity index (χ2n) is 2.68. The summed E-state index contributed by atoms with van der Waals surface area (Å²) >= 11 is 3.38. The van der Waals surface area contributed by atoms with Crippen molar-refractivity contribution < 1.29 is 0 Å². The van der Waals surface area contributed by atoms with E-state index < -0.39 is 0 Å². The largest absolute Gasteiger partial charge is 0.0859 e. The summed E-state index contributed by atoms with van der Waals surface area (Å²) in [7, 11) is 0. The highest BCUT2D eigenvalue weighted by atomic mass is 79.9. The van der Waals surface area contributed by atoms with Gasteiger partial charge in [-0.2, -0.15) is 0 Å². The molecule has 0 aliphatic carbocycles. The lowest BCUT2D eigenvalue weighted by Crippen LogP contribution is -1.91. The van der Waals surface area contributed by atoms with E-state index in [0.717, 1.165) is 16.5 Å². The third-order valence-electron chi connectivity index (χ3n) is 1.81. The van der Waals surface area contributed by atoms with Gasteiger partial charge in [-0.3, -0.25) is 0 Å². The zero-order valence-electron chi connectivity index (χ0n) is 7.31. The van der Waals surface area contributed by atoms with Gasteiger partial charge >= 0.3 is 0 Å². The van der Waals surface area contributed by atoms with Crippen molar-refractivity contribution in [2.45, 2.75) is 19.4 Å². The van der Waals surface area contributed by atoms with Crippen molar-refractivity contribution >= 4 is 15.9 Å². The highest BCUT2D eigenvalue weighted by molar-refractivity contribution is 9.10. The van der Waals surface area contributed by atoms with Crippen LogP contribution in [0.3, 0.4) is 0 Å². The third-order valence-corrected chi connectivity index (χ3v) is 2.30. The number of benzene rings is 1. The molecule has 0 aliphatic heterocycles. The first kappa shape index (κ1) is 10.1. The van der Waals surface area contributed by atoms with Gasteiger partial charge in [0.05, 0.1) is 6.04 Å². The van der Waals surface area contributed by atoms with E-state index in [1.54, 1.807) is 0 Å². The predicted octanol–water partition coefficient (Wildman–Crippen LogP) is 4.21. The Morgan fingerprint density at radius 1 is 1.62 bits per heavy atom. The Balaban J connectivity index is 2.97. The van der Waals surface area contributed by atoms with Gasteiger partial charge in [-0.1, -0.05) is 40.1 Å². The minimum absolute atomic E-state index is 0.0532. The fourth-order valence-electron chi connectivity index (χ4n) is 1.16. The SMILES string of the molecule is CC[C@H](N=[N+]=[N-])c1cccc(Br)c1. The lowest BCUT2D eigenvalue weighted by Gasteiger charge is -2.07. The molecule has 3 nitrogen and oxygen atoms in total. The second-order valence-corrected chi connectivity index (χ2v) is 3.60. The van der Waals surface area contributed by atoms with Gasteiger partial charge in [0.1, 0.15) is 0 Å². The van der Waals surface area contributed by atoms with Crippen molar-refractivity contribution in [1.82, 2.24) is 0 Å². The summed E-state index contributed by atoms with van der Waals surface area (Å²) in [5.74, 6) is 0. The summed E-state index contributed by atoms with van der Waals surface area (Å²) in [5, 5.41) is 3.71. The van der Waals surface area contributed by atoms with Crippen molar-refractivity contribution in [3.05, 3.63) is 44.7 Å². The number of hydrogen-bond acceptors (Lipinski definition) is 1. The zero-order valence-corrected chi connectivity index (χ0v) is 8.90. The molecule has 0 fully saturated rings. The van der Waals surface area contributed by atoms with Gasteiger partial charge in [-0.15, -0.1) is 0 Å². The molecule has 1 atom stereocenters. The van der Waals surface area contributed by atoms with Gasteiger partial charge in [0.2, 0.25) is 0 Å². The van der Waals surface area contributed by atoms with Crippen LogP contribution in [0, 0.1) is 0 Å². The van der Waals surface area contributed by atoms with Gasteiger partial charge in [0.15, 0.2) is 0 Å². The van der Waals surface area contributed by atoms with Crippen LogP contribution < -0.4 is 0 Å². The minimum atomic E-state index is -0.0532. The molecule has 0 bridgehead atoms. The molecule has 0 spiro atoms. The van der Waals surface area contributed by atoms with Crippen LogP contribution >= 0.6 is 15.9 Å². The molecule has 0 saturated carbocycles. The average molecular weight is 240 g/mol. The first-order chi connectivity index (χ1) is 6.27. The number of nitrogens with zero attached hydrogens (tertiary/aromatic N) is 3. The molecule has 0 aliphatic rings. The molecule has 0 radical (unpaired) electrons. The van der Waals surface area contributed by atoms with E-state index >= 15 is 0 Å². The predicted molar refractivity (Wildman–Crippen MR) is 56.3 cm³/mol. The maximum Gasteiger partial charge on any atom is 0.0623 e. The molecule has 0 saturated heterocycles. The summed E-state index contributed by atoms with van der Waals surface area (Å²) in [6.45, 7) is 2.00. The van der Waals surface area contributed by atoms with Crippen molar-refractivity contribution in [3.8, 4) is 0 Å². The third kappa shape index (κ3) is 2.76. The van der Waals surface area contributed by atoms with E-state index in [-0.39, 0.29) is 6.04 Å². The Labute approximate surface area is 85.5 Å². The minimum Gasteiger partial charge on any atom is -0.0859 e. The summed E-state index contributed by atoms with van der Waals surface area (Å²) in [6, 6.07) is 7.78. The fraction of sp³-hybridized carbons (Fsp3) is 0.333. The second kappa shape index (κ2) is 4.90. The van der Waals surface area contributed by atoms with E-state index in [9.17, 15) is 0 Å². The lowest BCUT2D eigenvalue weighted by molar-refractivity contribution is 0.692. The normalized spacial score (nSPS) is 11.8. The van der Waals surface area contributed by atoms with Crippen molar-refractivity contribution in [2.24, 2.45) is 5.11 Å². The maximum atomic E-state index is 8.35. The fourth-order valence-corrected chi connectivity index (χ4v) is 1.58. The molecule has 13 heavy (non-hydrogen) atoms. The number of rotatable bonds is 3. The van der Waals surface area contributed by atoms with E-state index in [1.165, 1.54) is 0 Å². The maximum absolute atomic E-state index is 8.35. The first-order valence-electron chi connectivity index (χ1n) is 4.07. The molecule has 0 amide bonds. The molecule has 1 aromatic carbocycles. The van der Waals surface area contributed by atoms with E-state index in [2.05, 4.69) is 26.0 Å². The molecule has 0 heterocycles. The van der Waals surface area contributed by atoms with Crippen LogP contribution in [-0.4, -0.2) is 0 Å². The molecular weight excluding hydrogens is 230 g/mol. The summed E-state index contributed by atoms with van der Waals surface area (Å²) in [4.78, 5) is 2.82. The number of halogens is 1. The van der Waals surface area contributed by atoms with Crippen LogP contribution in [0.1, 0.15) is 24.9 Å². The van der Waals surface area contributed by atoms with Gasteiger partial charge in [-0.05, 0) is 29.6 Å². The van der Waals surface area contributed by atoms with Gasteiger partial charge in [-0.25, -0.2) is 0 Å². The Bertz CT molecular complexity index is 331. The highest BCUT2D eigenvalue weighted by Gasteiger charge is 2.05. The molecular formula is C9H10BrN3. The Morgan fingerprint density at radius 3 is 2.92 bits per heavy atom. The van der Waals surface area contributed by atoms with E-state index in [4.69, 9.17) is 5.53 Å². The van der Waals surface area contributed by atoms with Crippen molar-refractivity contribution in [1.29, 1.82) is 0 Å². The van der Waals surface area contributed by atoms with Crippen molar-refractivity contribution in [2.75, 3.05) is 0 Å². The van der Waals surface area contributed by atoms with Gasteiger partial charge < -0.3 is 0 Å². The molecule has 1 rings (SSSR count). The van der Waals surface area contributed by atoms with Crippen molar-refractivity contribution in [3.63, 3.8) is 0 Å². The van der Waals surface area contributed by atoms with Gasteiger partial charge in [0, 0.05) is 9.38 Å². The molecule has 0 unspecified atom stereocenters. The van der Waals surface area contributed by atoms with Gasteiger partial charge in [0.25, 0.3) is 0 Å². The molecule has 0 aromatic heterocycles. The quantitative estimate of drug-likeness (QED) is 0.431. The summed E-state index contributed by atoms with van der Waals surface area (Å²) in [5.41, 5.74) is 9.40. The first-order valence-corrected chi connectivity index (χ1v) is 4.87. The molecule has 1 aromatic rings. The number of azide groups is 1. The van der Waals surface area contributed by atoms with Crippen LogP contribution in [0.15, 0.2) is 33.9 Å². The Hall–Kier alpha value is -0.990. The average Bonchev–Trinajstić information content (AvgIpc) is 2.14. The topological polar surface area (TPSA) is 48.8 Å². The van der Waals surface area contributed by atoms with Crippen LogP contribution in [0.2, 0.25) is 0 Å². The smallest absolute Gasteiger partial charge is 0.0623 e. The lowest BCUT2D eigenvalue weighted by atomic mass is 10.1. The van der Waals surface area contributed by atoms with E-state index in [0.29, 0.717) is 0 Å². The highest BCUT2D eigenvalue weighted by Crippen LogP contribution is 2.23. The van der Waals surface area contributed by atoms with Crippen LogP contribution in [-0.2, 0) is 0 Å². The molecule has 4 heteroatoms. The van der Waals surface area contributed by atoms with Crippen LogP contribution in [0.4, 0.5) is 0 Å².